The number of halogens is 2. The smallest absolute Gasteiger partial charge is 0.151 e. The molecule has 5 heteroatoms. The zero-order valence-corrected chi connectivity index (χ0v) is 17.5. The summed E-state index contributed by atoms with van der Waals surface area (Å²) in [5.41, 5.74) is -0.427. The summed E-state index contributed by atoms with van der Waals surface area (Å²) in [6.45, 7) is 0. The number of aliphatic hydroxyl groups is 2. The number of thiophene rings is 1. The van der Waals surface area contributed by atoms with Gasteiger partial charge in [0.1, 0.15) is 5.60 Å². The summed E-state index contributed by atoms with van der Waals surface area (Å²) in [6, 6.07) is 23.7. The van der Waals surface area contributed by atoms with Crippen molar-refractivity contribution in [2.24, 2.45) is 0 Å². The molecule has 1 heterocycles. The minimum atomic E-state index is -1.56. The lowest BCUT2D eigenvalue weighted by Gasteiger charge is -2.45. The highest BCUT2D eigenvalue weighted by Crippen LogP contribution is 2.56. The topological polar surface area (TPSA) is 40.5 Å². The van der Waals surface area contributed by atoms with E-state index in [9.17, 15) is 10.2 Å². The molecular formula is C24H16Cl2O2S. The highest BCUT2D eigenvalue weighted by atomic mass is 35.5. The van der Waals surface area contributed by atoms with Crippen molar-refractivity contribution in [1.29, 1.82) is 0 Å². The Hall–Kier alpha value is -2.14. The van der Waals surface area contributed by atoms with Gasteiger partial charge >= 0.3 is 0 Å². The van der Waals surface area contributed by atoms with Gasteiger partial charge in [-0.2, -0.15) is 0 Å². The maximum absolute atomic E-state index is 12.2. The van der Waals surface area contributed by atoms with Crippen molar-refractivity contribution in [1.82, 2.24) is 0 Å². The molecule has 0 radical (unpaired) electrons. The Morgan fingerprint density at radius 3 is 1.79 bits per heavy atom. The van der Waals surface area contributed by atoms with E-state index in [-0.39, 0.29) is 0 Å². The zero-order chi connectivity index (χ0) is 20.2. The van der Waals surface area contributed by atoms with Crippen molar-refractivity contribution in [3.05, 3.63) is 127 Å². The molecule has 0 aliphatic heterocycles. The van der Waals surface area contributed by atoms with Gasteiger partial charge in [-0.25, -0.2) is 0 Å². The van der Waals surface area contributed by atoms with E-state index in [2.05, 4.69) is 0 Å². The Balaban J connectivity index is 1.99. The highest BCUT2D eigenvalue weighted by Gasteiger charge is 2.53. The standard InChI is InChI=1S/C24H16Cl2O2S/c25-18-11-5-10-17-21(18)23(27,15-7-2-1-3-8-15)16-9-4-12-19(26)22(16)24(17,28)20-13-6-14-29-20/h1-14,27-28H/t23-,24-/m0/s1. The van der Waals surface area contributed by atoms with Crippen LogP contribution in [0.4, 0.5) is 0 Å². The lowest BCUT2D eigenvalue weighted by molar-refractivity contribution is 0.0768. The first-order valence-electron chi connectivity index (χ1n) is 9.12. The van der Waals surface area contributed by atoms with Crippen LogP contribution in [0.25, 0.3) is 0 Å². The third kappa shape index (κ3) is 2.49. The molecule has 4 aromatic rings. The molecule has 0 unspecified atom stereocenters. The molecule has 0 saturated carbocycles. The minimum absolute atomic E-state index is 0.384. The minimum Gasteiger partial charge on any atom is -0.376 e. The van der Waals surface area contributed by atoms with Gasteiger partial charge in [0.25, 0.3) is 0 Å². The summed E-state index contributed by atoms with van der Waals surface area (Å²) < 4.78 is 0. The van der Waals surface area contributed by atoms with E-state index in [1.54, 1.807) is 36.4 Å². The Kier molecular flexibility index (Phi) is 4.35. The van der Waals surface area contributed by atoms with Crippen molar-refractivity contribution in [3.8, 4) is 0 Å². The van der Waals surface area contributed by atoms with Gasteiger partial charge in [0.05, 0.1) is 0 Å². The van der Waals surface area contributed by atoms with Crippen molar-refractivity contribution < 1.29 is 10.2 Å². The third-order valence-electron chi connectivity index (χ3n) is 5.60. The first-order chi connectivity index (χ1) is 14.0. The van der Waals surface area contributed by atoms with Gasteiger partial charge in [0.2, 0.25) is 0 Å². The van der Waals surface area contributed by atoms with Crippen molar-refractivity contribution in [2.75, 3.05) is 0 Å². The van der Waals surface area contributed by atoms with E-state index < -0.39 is 11.2 Å². The zero-order valence-electron chi connectivity index (χ0n) is 15.1. The van der Waals surface area contributed by atoms with Crippen LogP contribution in [0.15, 0.2) is 84.2 Å². The Morgan fingerprint density at radius 1 is 0.621 bits per heavy atom. The molecule has 0 bridgehead atoms. The maximum Gasteiger partial charge on any atom is 0.151 e. The van der Waals surface area contributed by atoms with E-state index in [4.69, 9.17) is 23.2 Å². The van der Waals surface area contributed by atoms with Crippen LogP contribution in [0.2, 0.25) is 10.0 Å². The second-order valence-corrected chi connectivity index (χ2v) is 8.85. The van der Waals surface area contributed by atoms with Crippen LogP contribution in [-0.4, -0.2) is 10.2 Å². The van der Waals surface area contributed by atoms with Gasteiger partial charge in [-0.05, 0) is 29.1 Å². The van der Waals surface area contributed by atoms with Crippen LogP contribution in [0.5, 0.6) is 0 Å². The van der Waals surface area contributed by atoms with Gasteiger partial charge in [-0.3, -0.25) is 0 Å². The molecule has 3 aromatic carbocycles. The molecule has 2 nitrogen and oxygen atoms in total. The van der Waals surface area contributed by atoms with E-state index in [1.165, 1.54) is 11.3 Å². The van der Waals surface area contributed by atoms with Gasteiger partial charge in [-0.1, -0.05) is 83.9 Å². The monoisotopic (exact) mass is 438 g/mol. The fourth-order valence-corrected chi connectivity index (χ4v) is 5.84. The van der Waals surface area contributed by atoms with Crippen molar-refractivity contribution in [3.63, 3.8) is 0 Å². The van der Waals surface area contributed by atoms with E-state index in [0.717, 1.165) is 0 Å². The average Bonchev–Trinajstić information content (AvgIpc) is 3.28. The van der Waals surface area contributed by atoms with E-state index in [1.807, 2.05) is 47.8 Å². The second-order valence-electron chi connectivity index (χ2n) is 7.09. The molecule has 0 fully saturated rings. The van der Waals surface area contributed by atoms with Crippen molar-refractivity contribution in [2.45, 2.75) is 11.2 Å². The average molecular weight is 439 g/mol. The first-order valence-corrected chi connectivity index (χ1v) is 10.8. The van der Waals surface area contributed by atoms with Crippen LogP contribution in [0.3, 0.4) is 0 Å². The fourth-order valence-electron chi connectivity index (χ4n) is 4.38. The molecule has 1 aliphatic carbocycles. The molecule has 1 aromatic heterocycles. The number of benzene rings is 3. The van der Waals surface area contributed by atoms with Crippen molar-refractivity contribution >= 4 is 34.5 Å². The molecule has 5 rings (SSSR count). The van der Waals surface area contributed by atoms with Gasteiger partial charge in [0.15, 0.2) is 5.60 Å². The molecule has 144 valence electrons. The number of fused-ring (bicyclic) bond motifs is 2. The summed E-state index contributed by atoms with van der Waals surface area (Å²) in [5.74, 6) is 0. The highest BCUT2D eigenvalue weighted by molar-refractivity contribution is 7.10. The summed E-state index contributed by atoms with van der Waals surface area (Å²) in [5, 5.41) is 27.1. The quantitative estimate of drug-likeness (QED) is 0.406. The molecule has 2 N–H and O–H groups in total. The Bertz CT molecular complexity index is 1210. The molecule has 0 spiro atoms. The maximum atomic E-state index is 12.2. The third-order valence-corrected chi connectivity index (χ3v) is 7.21. The molecule has 29 heavy (non-hydrogen) atoms. The predicted molar refractivity (Wildman–Crippen MR) is 118 cm³/mol. The first kappa shape index (κ1) is 18.9. The molecule has 0 amide bonds. The summed E-state index contributed by atoms with van der Waals surface area (Å²) in [4.78, 5) is 0.713. The van der Waals surface area contributed by atoms with E-state index in [0.29, 0.717) is 42.7 Å². The van der Waals surface area contributed by atoms with Crippen LogP contribution in [-0.2, 0) is 11.2 Å². The molecular weight excluding hydrogens is 423 g/mol. The Morgan fingerprint density at radius 2 is 1.21 bits per heavy atom. The van der Waals surface area contributed by atoms with Crippen LogP contribution in [0, 0.1) is 0 Å². The van der Waals surface area contributed by atoms with Gasteiger partial charge < -0.3 is 10.2 Å². The van der Waals surface area contributed by atoms with Crippen LogP contribution < -0.4 is 0 Å². The van der Waals surface area contributed by atoms with E-state index >= 15 is 0 Å². The number of hydrogen-bond donors (Lipinski definition) is 2. The van der Waals surface area contributed by atoms with Crippen LogP contribution in [0.1, 0.15) is 32.7 Å². The number of rotatable bonds is 2. The van der Waals surface area contributed by atoms with Crippen LogP contribution >= 0.6 is 34.5 Å². The summed E-state index contributed by atoms with van der Waals surface area (Å²) >= 11 is 14.8. The van der Waals surface area contributed by atoms with Gasteiger partial charge in [-0.15, -0.1) is 11.3 Å². The molecule has 2 atom stereocenters. The number of hydrogen-bond acceptors (Lipinski definition) is 3. The molecule has 1 aliphatic rings. The summed E-state index contributed by atoms with van der Waals surface area (Å²) in [6.07, 6.45) is 0. The second kappa shape index (κ2) is 6.69. The van der Waals surface area contributed by atoms with Gasteiger partial charge in [0, 0.05) is 37.2 Å². The Labute approximate surface area is 182 Å². The fraction of sp³-hybridized carbons (Fsp3) is 0.0833. The molecule has 0 saturated heterocycles. The summed E-state index contributed by atoms with van der Waals surface area (Å²) in [7, 11) is 0. The lowest BCUT2D eigenvalue weighted by Crippen LogP contribution is -2.44. The lowest BCUT2D eigenvalue weighted by atomic mass is 9.65. The normalized spacial score (nSPS) is 22.8. The largest absolute Gasteiger partial charge is 0.376 e. The predicted octanol–water partition coefficient (Wildman–Crippen LogP) is 5.94. The SMILES string of the molecule is O[C@]1(c2cccs2)c2cccc(Cl)c2[C@](O)(c2ccccc2)c2cccc(Cl)c21.